The van der Waals surface area contributed by atoms with E-state index in [4.69, 9.17) is 9.79 Å². The second-order valence-corrected chi connectivity index (χ2v) is 2.94. The Labute approximate surface area is 49.3 Å². The normalized spacial score (nSPS) is 10.1. The summed E-state index contributed by atoms with van der Waals surface area (Å²) in [7, 11) is -3.65. The van der Waals surface area contributed by atoms with Crippen LogP contribution in [-0.2, 0) is 4.57 Å². The molecule has 0 heterocycles. The summed E-state index contributed by atoms with van der Waals surface area (Å²) in [6.07, 6.45) is -0.0625. The molecule has 0 atom stereocenters. The lowest BCUT2D eigenvalue weighted by molar-refractivity contribution is 0.375. The molecule has 0 aliphatic rings. The predicted molar refractivity (Wildman–Crippen MR) is 33.0 cm³/mol. The van der Waals surface area contributed by atoms with Gasteiger partial charge < -0.3 is 9.79 Å². The maximum Gasteiger partial charge on any atom is 0.325 e. The van der Waals surface area contributed by atoms with Crippen molar-refractivity contribution in [1.29, 1.82) is 0 Å². The van der Waals surface area contributed by atoms with E-state index in [0.29, 0.717) is 0 Å². The molecular weight excluding hydrogens is 135 g/mol. The fourth-order valence-corrected chi connectivity index (χ4v) is 0. The van der Waals surface area contributed by atoms with Gasteiger partial charge in [-0.05, 0) is 0 Å². The summed E-state index contributed by atoms with van der Waals surface area (Å²) in [6.45, 7) is 1.45. The Bertz CT molecular complexity index is 77.0. The van der Waals surface area contributed by atoms with Crippen LogP contribution in [0.4, 0.5) is 0 Å². The topological polar surface area (TPSA) is 57.5 Å². The van der Waals surface area contributed by atoms with E-state index < -0.39 is 7.60 Å². The van der Waals surface area contributed by atoms with E-state index in [9.17, 15) is 4.57 Å². The molecule has 0 unspecified atom stereocenters. The molecule has 0 saturated heterocycles. The highest BCUT2D eigenvalue weighted by Crippen LogP contribution is 2.32. The average molecular weight is 144 g/mol. The fourth-order valence-electron chi connectivity index (χ4n) is 0. The second-order valence-electron chi connectivity index (χ2n) is 0.981. The van der Waals surface area contributed by atoms with E-state index in [1.807, 2.05) is 0 Å². The number of rotatable bonds is 1. The minimum Gasteiger partial charge on any atom is -0.324 e. The van der Waals surface area contributed by atoms with E-state index in [0.717, 1.165) is 0 Å². The predicted octanol–water partition coefficient (Wildman–Crippen LogP) is 0.297. The summed E-state index contributed by atoms with van der Waals surface area (Å²) in [5.41, 5.74) is 0. The molecule has 0 radical (unpaired) electrons. The van der Waals surface area contributed by atoms with Crippen LogP contribution in [0.3, 0.4) is 0 Å². The largest absolute Gasteiger partial charge is 0.325 e. The molecule has 0 aromatic heterocycles. The van der Waals surface area contributed by atoms with Crippen molar-refractivity contribution in [3.8, 4) is 0 Å². The Morgan fingerprint density at radius 3 is 1.71 bits per heavy atom. The third kappa shape index (κ3) is 10.7. The van der Waals surface area contributed by atoms with Crippen LogP contribution in [0.5, 0.6) is 0 Å². The highest BCUT2D eigenvalue weighted by Gasteiger charge is 2.05. The monoisotopic (exact) mass is 144 g/mol. The molecule has 0 fully saturated rings. The van der Waals surface area contributed by atoms with Crippen LogP contribution in [0.15, 0.2) is 0 Å². The van der Waals surface area contributed by atoms with Gasteiger partial charge in [0.2, 0.25) is 0 Å². The van der Waals surface area contributed by atoms with Crippen LogP contribution in [-0.4, -0.2) is 15.9 Å². The van der Waals surface area contributed by atoms with Crippen molar-refractivity contribution in [3.63, 3.8) is 0 Å². The minimum atomic E-state index is -3.65. The molecule has 46 valence electrons. The molecule has 0 spiro atoms. The van der Waals surface area contributed by atoms with Crippen molar-refractivity contribution in [2.75, 3.05) is 6.16 Å². The van der Waals surface area contributed by atoms with Crippen molar-refractivity contribution >= 4 is 21.1 Å². The van der Waals surface area contributed by atoms with Crippen LogP contribution in [0.25, 0.3) is 0 Å². The van der Waals surface area contributed by atoms with Crippen molar-refractivity contribution in [1.82, 2.24) is 0 Å². The molecule has 0 bridgehead atoms. The van der Waals surface area contributed by atoms with Gasteiger partial charge in [-0.15, -0.1) is 0 Å². The zero-order valence-corrected chi connectivity index (χ0v) is 5.85. The van der Waals surface area contributed by atoms with Gasteiger partial charge in [0.25, 0.3) is 0 Å². The van der Waals surface area contributed by atoms with Gasteiger partial charge in [0.1, 0.15) is 0 Å². The molecule has 0 aromatic rings. The van der Waals surface area contributed by atoms with Crippen LogP contribution in [0, 0.1) is 0 Å². The van der Waals surface area contributed by atoms with Gasteiger partial charge in [0.05, 0.1) is 0 Å². The van der Waals surface area contributed by atoms with Crippen molar-refractivity contribution in [2.45, 2.75) is 6.92 Å². The molecule has 0 amide bonds. The first-order chi connectivity index (χ1) is 2.56. The Hall–Kier alpha value is 0.500. The Morgan fingerprint density at radius 1 is 1.57 bits per heavy atom. The van der Waals surface area contributed by atoms with E-state index in [1.54, 1.807) is 0 Å². The van der Waals surface area contributed by atoms with Gasteiger partial charge in [-0.2, -0.15) is 13.5 Å². The number of hydrogen-bond donors (Lipinski definition) is 2. The third-order valence-electron chi connectivity index (χ3n) is 0.412. The van der Waals surface area contributed by atoms with Crippen LogP contribution < -0.4 is 0 Å². The zero-order chi connectivity index (χ0) is 5.21. The lowest BCUT2D eigenvalue weighted by Gasteiger charge is -1.92. The smallest absolute Gasteiger partial charge is 0.324 e. The lowest BCUT2D eigenvalue weighted by Crippen LogP contribution is -1.76. The SMILES string of the molecule is CCP(=O)(O)O.S. The van der Waals surface area contributed by atoms with Crippen LogP contribution >= 0.6 is 21.1 Å². The average Bonchev–Trinajstić information content (AvgIpc) is 1.35. The zero-order valence-electron chi connectivity index (χ0n) is 3.96. The Morgan fingerprint density at radius 2 is 1.71 bits per heavy atom. The van der Waals surface area contributed by atoms with Crippen molar-refractivity contribution < 1.29 is 14.4 Å². The fraction of sp³-hybridized carbons (Fsp3) is 1.00. The molecule has 0 aliphatic carbocycles. The third-order valence-corrected chi connectivity index (χ3v) is 1.24. The van der Waals surface area contributed by atoms with Gasteiger partial charge >= 0.3 is 7.60 Å². The summed E-state index contributed by atoms with van der Waals surface area (Å²) >= 11 is 0. The van der Waals surface area contributed by atoms with E-state index in [-0.39, 0.29) is 19.7 Å². The quantitative estimate of drug-likeness (QED) is 0.520. The summed E-state index contributed by atoms with van der Waals surface area (Å²) in [5, 5.41) is 0. The molecule has 0 aliphatic heterocycles. The Balaban J connectivity index is 0. The second kappa shape index (κ2) is 3.50. The highest BCUT2D eigenvalue weighted by atomic mass is 32.1. The van der Waals surface area contributed by atoms with E-state index in [2.05, 4.69) is 0 Å². The maximum atomic E-state index is 9.69. The van der Waals surface area contributed by atoms with Crippen LogP contribution in [0.1, 0.15) is 6.92 Å². The molecule has 2 N–H and O–H groups in total. The van der Waals surface area contributed by atoms with E-state index >= 15 is 0 Å². The number of hydrogen-bond acceptors (Lipinski definition) is 1. The molecule has 5 heteroatoms. The first-order valence-electron chi connectivity index (χ1n) is 1.61. The summed E-state index contributed by atoms with van der Waals surface area (Å²) in [5.74, 6) is 0. The van der Waals surface area contributed by atoms with Gasteiger partial charge in [-0.3, -0.25) is 4.57 Å². The van der Waals surface area contributed by atoms with Gasteiger partial charge in [-0.25, -0.2) is 0 Å². The first-order valence-corrected chi connectivity index (χ1v) is 3.40. The molecule has 0 rings (SSSR count). The van der Waals surface area contributed by atoms with Crippen LogP contribution in [0.2, 0.25) is 0 Å². The van der Waals surface area contributed by atoms with Crippen molar-refractivity contribution in [3.05, 3.63) is 0 Å². The first kappa shape index (κ1) is 10.5. The Kier molecular flexibility index (Phi) is 5.23. The highest BCUT2D eigenvalue weighted by molar-refractivity contribution is 7.59. The summed E-state index contributed by atoms with van der Waals surface area (Å²) in [4.78, 5) is 15.9. The molecular formula is C2H9O3PS. The summed E-state index contributed by atoms with van der Waals surface area (Å²) in [6, 6.07) is 0. The minimum absolute atomic E-state index is 0. The standard InChI is InChI=1S/C2H7O3P.H2S/c1-2-6(3,4)5;/h2H2,1H3,(H2,3,4,5);1H2. The van der Waals surface area contributed by atoms with Gasteiger partial charge in [0, 0.05) is 6.16 Å². The molecule has 0 aromatic carbocycles. The molecule has 7 heavy (non-hydrogen) atoms. The van der Waals surface area contributed by atoms with Gasteiger partial charge in [0.15, 0.2) is 0 Å². The van der Waals surface area contributed by atoms with Crippen molar-refractivity contribution in [2.24, 2.45) is 0 Å². The summed E-state index contributed by atoms with van der Waals surface area (Å²) < 4.78 is 9.69. The molecule has 0 saturated carbocycles. The molecule has 3 nitrogen and oxygen atoms in total. The maximum absolute atomic E-state index is 9.69. The lowest BCUT2D eigenvalue weighted by atomic mass is 11.0. The van der Waals surface area contributed by atoms with E-state index in [1.165, 1.54) is 6.92 Å². The van der Waals surface area contributed by atoms with Gasteiger partial charge in [-0.1, -0.05) is 6.92 Å².